The molecule has 2 aliphatic rings. The van der Waals surface area contributed by atoms with E-state index in [-0.39, 0.29) is 27.5 Å². The van der Waals surface area contributed by atoms with Gasteiger partial charge in [0.25, 0.3) is 11.6 Å². The lowest BCUT2D eigenvalue weighted by Gasteiger charge is -2.39. The normalized spacial score (nSPS) is 19.4. The van der Waals surface area contributed by atoms with Gasteiger partial charge in [0, 0.05) is 62.7 Å². The SMILES string of the molecule is CC1=C(C(=O)Nc2ccc(Br)cn2)C(c2cc([N+](=O)[O-])ccc2Cl)C2=C(CC(C)(C)CC2=O)N1. The van der Waals surface area contributed by atoms with Crippen molar-refractivity contribution in [1.82, 2.24) is 10.3 Å². The van der Waals surface area contributed by atoms with E-state index in [1.165, 1.54) is 18.2 Å². The zero-order valence-corrected chi connectivity index (χ0v) is 21.1. The average Bonchev–Trinajstić information content (AvgIpc) is 2.73. The third kappa shape index (κ3) is 4.63. The van der Waals surface area contributed by atoms with Gasteiger partial charge in [-0.2, -0.15) is 0 Å². The van der Waals surface area contributed by atoms with Crippen LogP contribution in [0.15, 0.2) is 63.5 Å². The van der Waals surface area contributed by atoms with Gasteiger partial charge in [-0.3, -0.25) is 19.7 Å². The second kappa shape index (κ2) is 8.96. The Morgan fingerprint density at radius 3 is 2.68 bits per heavy atom. The number of rotatable bonds is 4. The number of hydrogen-bond donors (Lipinski definition) is 2. The number of Topliss-reactive ketones (excluding diaryl/α,β-unsaturated/α-hetero) is 1. The predicted octanol–water partition coefficient (Wildman–Crippen LogP) is 5.65. The van der Waals surface area contributed by atoms with Crippen LogP contribution in [0.25, 0.3) is 0 Å². The molecular formula is C24H22BrClN4O4. The summed E-state index contributed by atoms with van der Waals surface area (Å²) in [5.41, 5.74) is 1.85. The largest absolute Gasteiger partial charge is 0.362 e. The molecule has 1 unspecified atom stereocenters. The summed E-state index contributed by atoms with van der Waals surface area (Å²) in [6.45, 7) is 5.76. The molecule has 1 aliphatic carbocycles. The van der Waals surface area contributed by atoms with Gasteiger partial charge in [-0.1, -0.05) is 25.4 Å². The summed E-state index contributed by atoms with van der Waals surface area (Å²) < 4.78 is 0.756. The standard InChI is InChI=1S/C24H22BrClN4O4/c1-12-20(23(32)29-19-7-4-13(25)11-27-19)21(15-8-14(30(33)34)5-6-16(15)26)22-17(28-12)9-24(2,3)10-18(22)31/h4-8,11,21,28H,9-10H2,1-3H3,(H,27,29,32). The number of nitro groups is 1. The van der Waals surface area contributed by atoms with Crippen molar-refractivity contribution in [2.75, 3.05) is 5.32 Å². The number of hydrogen-bond acceptors (Lipinski definition) is 6. The molecule has 1 amide bonds. The molecule has 1 aromatic carbocycles. The lowest BCUT2D eigenvalue weighted by molar-refractivity contribution is -0.384. The number of carbonyl (C=O) groups is 2. The van der Waals surface area contributed by atoms with E-state index in [9.17, 15) is 19.7 Å². The van der Waals surface area contributed by atoms with Crippen LogP contribution in [-0.4, -0.2) is 21.6 Å². The molecule has 0 fully saturated rings. The first-order chi connectivity index (χ1) is 16.0. The number of halogens is 2. The molecular weight excluding hydrogens is 524 g/mol. The number of dihydropyridines is 1. The summed E-state index contributed by atoms with van der Waals surface area (Å²) in [5, 5.41) is 17.8. The number of amides is 1. The number of aromatic nitrogens is 1. The summed E-state index contributed by atoms with van der Waals surface area (Å²) in [5.74, 6) is -1.13. The van der Waals surface area contributed by atoms with E-state index in [0.29, 0.717) is 41.2 Å². The lowest BCUT2D eigenvalue weighted by Crippen LogP contribution is -2.39. The maximum absolute atomic E-state index is 13.5. The van der Waals surface area contributed by atoms with Crippen LogP contribution in [-0.2, 0) is 9.59 Å². The van der Waals surface area contributed by atoms with E-state index in [2.05, 4.69) is 31.5 Å². The number of anilines is 1. The Kier molecular flexibility index (Phi) is 6.35. The van der Waals surface area contributed by atoms with E-state index < -0.39 is 16.7 Å². The van der Waals surface area contributed by atoms with Crippen LogP contribution in [0.4, 0.5) is 11.5 Å². The first-order valence-corrected chi connectivity index (χ1v) is 11.7. The highest BCUT2D eigenvalue weighted by molar-refractivity contribution is 9.10. The molecule has 0 saturated heterocycles. The van der Waals surface area contributed by atoms with E-state index in [1.54, 1.807) is 25.3 Å². The van der Waals surface area contributed by atoms with Crippen LogP contribution >= 0.6 is 27.5 Å². The summed E-state index contributed by atoms with van der Waals surface area (Å²) in [6.07, 6.45) is 2.44. The second-order valence-electron chi connectivity index (χ2n) is 9.21. The molecule has 1 aliphatic heterocycles. The quantitative estimate of drug-likeness (QED) is 0.379. The third-order valence-electron chi connectivity index (χ3n) is 5.95. The van der Waals surface area contributed by atoms with Gasteiger partial charge >= 0.3 is 0 Å². The second-order valence-corrected chi connectivity index (χ2v) is 10.5. The monoisotopic (exact) mass is 544 g/mol. The highest BCUT2D eigenvalue weighted by atomic mass is 79.9. The number of ketones is 1. The highest BCUT2D eigenvalue weighted by Crippen LogP contribution is 2.48. The van der Waals surface area contributed by atoms with E-state index in [4.69, 9.17) is 11.6 Å². The first kappa shape index (κ1) is 24.1. The Balaban J connectivity index is 1.87. The fourth-order valence-electron chi connectivity index (χ4n) is 4.55. The van der Waals surface area contributed by atoms with Crippen molar-refractivity contribution in [3.8, 4) is 0 Å². The Morgan fingerprint density at radius 1 is 1.29 bits per heavy atom. The van der Waals surface area contributed by atoms with Crippen molar-refractivity contribution in [1.29, 1.82) is 0 Å². The molecule has 2 aromatic rings. The Morgan fingerprint density at radius 2 is 2.03 bits per heavy atom. The topological polar surface area (TPSA) is 114 Å². The molecule has 0 bridgehead atoms. The predicted molar refractivity (Wildman–Crippen MR) is 132 cm³/mol. The molecule has 4 rings (SSSR count). The number of benzene rings is 1. The molecule has 1 atom stereocenters. The lowest BCUT2D eigenvalue weighted by atomic mass is 9.68. The maximum atomic E-state index is 13.5. The van der Waals surface area contributed by atoms with Crippen LogP contribution in [0.2, 0.25) is 5.02 Å². The van der Waals surface area contributed by atoms with Crippen molar-refractivity contribution in [2.24, 2.45) is 5.41 Å². The van der Waals surface area contributed by atoms with Gasteiger partial charge in [-0.25, -0.2) is 4.98 Å². The van der Waals surface area contributed by atoms with E-state index in [0.717, 1.165) is 4.47 Å². The van der Waals surface area contributed by atoms with Crippen LogP contribution in [0.1, 0.15) is 45.1 Å². The van der Waals surface area contributed by atoms with E-state index in [1.807, 2.05) is 13.8 Å². The molecule has 8 nitrogen and oxygen atoms in total. The number of nitro benzene ring substituents is 1. The van der Waals surface area contributed by atoms with Crippen molar-refractivity contribution >= 4 is 50.7 Å². The average molecular weight is 546 g/mol. The summed E-state index contributed by atoms with van der Waals surface area (Å²) in [4.78, 5) is 42.1. The van der Waals surface area contributed by atoms with Gasteiger partial charge in [0.15, 0.2) is 5.78 Å². The fourth-order valence-corrected chi connectivity index (χ4v) is 5.01. The Bertz CT molecular complexity index is 1280. The van der Waals surface area contributed by atoms with Crippen LogP contribution in [0.3, 0.4) is 0 Å². The van der Waals surface area contributed by atoms with Crippen LogP contribution in [0.5, 0.6) is 0 Å². The molecule has 0 spiro atoms. The number of nitrogens with zero attached hydrogens (tertiary/aromatic N) is 2. The molecule has 34 heavy (non-hydrogen) atoms. The van der Waals surface area contributed by atoms with Gasteiger partial charge in [0.05, 0.1) is 4.92 Å². The van der Waals surface area contributed by atoms with Crippen molar-refractivity contribution in [3.05, 3.63) is 84.2 Å². The number of pyridine rings is 1. The zero-order valence-electron chi connectivity index (χ0n) is 18.7. The van der Waals surface area contributed by atoms with Gasteiger partial charge in [-0.15, -0.1) is 0 Å². The fraction of sp³-hybridized carbons (Fsp3) is 0.292. The van der Waals surface area contributed by atoms with Crippen molar-refractivity contribution < 1.29 is 14.5 Å². The number of carbonyl (C=O) groups excluding carboxylic acids is 2. The Labute approximate surface area is 209 Å². The van der Waals surface area contributed by atoms with E-state index >= 15 is 0 Å². The summed E-state index contributed by atoms with van der Waals surface area (Å²) in [7, 11) is 0. The first-order valence-electron chi connectivity index (χ1n) is 10.6. The van der Waals surface area contributed by atoms with Crippen LogP contribution in [0, 0.1) is 15.5 Å². The van der Waals surface area contributed by atoms with Crippen molar-refractivity contribution in [2.45, 2.75) is 39.5 Å². The van der Waals surface area contributed by atoms with Gasteiger partial charge < -0.3 is 10.6 Å². The number of non-ortho nitro benzene ring substituents is 1. The molecule has 10 heteroatoms. The summed E-state index contributed by atoms with van der Waals surface area (Å²) >= 11 is 9.83. The van der Waals surface area contributed by atoms with Crippen LogP contribution < -0.4 is 10.6 Å². The minimum atomic E-state index is -0.859. The smallest absolute Gasteiger partial charge is 0.269 e. The van der Waals surface area contributed by atoms with Gasteiger partial charge in [0.1, 0.15) is 5.82 Å². The maximum Gasteiger partial charge on any atom is 0.269 e. The third-order valence-corrected chi connectivity index (χ3v) is 6.77. The summed E-state index contributed by atoms with van der Waals surface area (Å²) in [6, 6.07) is 7.45. The minimum absolute atomic E-state index is 0.120. The minimum Gasteiger partial charge on any atom is -0.362 e. The molecule has 0 saturated carbocycles. The molecule has 0 radical (unpaired) electrons. The molecule has 1 aromatic heterocycles. The zero-order chi connectivity index (χ0) is 24.8. The Hall–Kier alpha value is -3.04. The number of nitrogens with one attached hydrogen (secondary N) is 2. The molecule has 176 valence electrons. The number of allylic oxidation sites excluding steroid dienone is 3. The molecule has 2 heterocycles. The molecule has 2 N–H and O–H groups in total. The highest BCUT2D eigenvalue weighted by Gasteiger charge is 2.43. The van der Waals surface area contributed by atoms with Gasteiger partial charge in [-0.05, 0) is 58.5 Å². The van der Waals surface area contributed by atoms with Crippen molar-refractivity contribution in [3.63, 3.8) is 0 Å². The van der Waals surface area contributed by atoms with Gasteiger partial charge in [0.2, 0.25) is 0 Å².